The van der Waals surface area contributed by atoms with Gasteiger partial charge >= 0.3 is 13.3 Å². The van der Waals surface area contributed by atoms with E-state index in [1.807, 2.05) is 0 Å². The fourth-order valence-corrected chi connectivity index (χ4v) is 3.41. The van der Waals surface area contributed by atoms with E-state index < -0.39 is 18.8 Å². The summed E-state index contributed by atoms with van der Waals surface area (Å²) in [4.78, 5) is 19.7. The standard InChI is InChI=1S/C12H15BrF2NO4P/c13-11-7-9(8-16-3-5-20-6-4-16)1-2-10(11)12(14,15)21(17,18)19/h1-2,7H,3-6,8H2,(H2,17,18,19). The molecule has 1 aliphatic heterocycles. The Morgan fingerprint density at radius 3 is 2.48 bits per heavy atom. The topological polar surface area (TPSA) is 70.0 Å². The van der Waals surface area contributed by atoms with Gasteiger partial charge in [0, 0.05) is 29.7 Å². The Hall–Kier alpha value is -0.370. The largest absolute Gasteiger partial charge is 0.399 e. The van der Waals surface area contributed by atoms with Gasteiger partial charge < -0.3 is 14.5 Å². The molecule has 1 heterocycles. The third-order valence-electron chi connectivity index (χ3n) is 3.23. The van der Waals surface area contributed by atoms with Crippen LogP contribution in [0.15, 0.2) is 22.7 Å². The Morgan fingerprint density at radius 2 is 1.95 bits per heavy atom. The summed E-state index contributed by atoms with van der Waals surface area (Å²) in [6.45, 7) is 3.37. The molecular weight excluding hydrogens is 371 g/mol. The van der Waals surface area contributed by atoms with Gasteiger partial charge in [-0.3, -0.25) is 9.46 Å². The van der Waals surface area contributed by atoms with Gasteiger partial charge in [-0.2, -0.15) is 8.78 Å². The van der Waals surface area contributed by atoms with Gasteiger partial charge in [0.2, 0.25) is 0 Å². The van der Waals surface area contributed by atoms with Gasteiger partial charge in [-0.25, -0.2) is 0 Å². The van der Waals surface area contributed by atoms with E-state index in [4.69, 9.17) is 14.5 Å². The van der Waals surface area contributed by atoms with Gasteiger partial charge in [-0.15, -0.1) is 0 Å². The zero-order chi connectivity index (χ0) is 15.7. The number of ether oxygens (including phenoxy) is 1. The van der Waals surface area contributed by atoms with Gasteiger partial charge in [0.1, 0.15) is 0 Å². The highest BCUT2D eigenvalue weighted by Crippen LogP contribution is 2.60. The summed E-state index contributed by atoms with van der Waals surface area (Å²) in [7, 11) is -5.56. The quantitative estimate of drug-likeness (QED) is 0.779. The van der Waals surface area contributed by atoms with Crippen molar-refractivity contribution in [2.24, 2.45) is 0 Å². The smallest absolute Gasteiger partial charge is 0.379 e. The van der Waals surface area contributed by atoms with E-state index >= 15 is 0 Å². The lowest BCUT2D eigenvalue weighted by atomic mass is 10.1. The fourth-order valence-electron chi connectivity index (χ4n) is 2.08. The Bertz CT molecular complexity index is 560. The third-order valence-corrected chi connectivity index (χ3v) is 4.86. The molecule has 2 rings (SSSR count). The molecule has 0 unspecified atom stereocenters. The lowest BCUT2D eigenvalue weighted by Crippen LogP contribution is -2.35. The molecule has 118 valence electrons. The summed E-state index contributed by atoms with van der Waals surface area (Å²) in [5, 5.41) is 0. The fraction of sp³-hybridized carbons (Fsp3) is 0.500. The molecule has 1 aromatic carbocycles. The summed E-state index contributed by atoms with van der Waals surface area (Å²) in [5.41, 5.74) is -4.13. The van der Waals surface area contributed by atoms with E-state index in [1.165, 1.54) is 12.1 Å². The first-order chi connectivity index (χ1) is 9.72. The van der Waals surface area contributed by atoms with Gasteiger partial charge in [0.05, 0.1) is 13.2 Å². The van der Waals surface area contributed by atoms with Crippen LogP contribution in [0.4, 0.5) is 8.78 Å². The molecule has 1 saturated heterocycles. The van der Waals surface area contributed by atoms with Crippen LogP contribution in [-0.4, -0.2) is 41.0 Å². The van der Waals surface area contributed by atoms with Crippen LogP contribution in [0.3, 0.4) is 0 Å². The van der Waals surface area contributed by atoms with E-state index in [0.717, 1.165) is 24.7 Å². The van der Waals surface area contributed by atoms with Crippen LogP contribution in [0.1, 0.15) is 11.1 Å². The van der Waals surface area contributed by atoms with Crippen LogP contribution in [0.25, 0.3) is 0 Å². The second-order valence-corrected chi connectivity index (χ2v) is 7.29. The number of hydrogen-bond acceptors (Lipinski definition) is 3. The normalized spacial score (nSPS) is 18.0. The second kappa shape index (κ2) is 6.40. The minimum Gasteiger partial charge on any atom is -0.379 e. The molecule has 0 atom stereocenters. The van der Waals surface area contributed by atoms with Crippen molar-refractivity contribution < 1.29 is 27.9 Å². The number of halogens is 3. The first-order valence-corrected chi connectivity index (χ1v) is 8.65. The Labute approximate surface area is 129 Å². The predicted octanol–water partition coefficient (Wildman–Crippen LogP) is 2.51. The van der Waals surface area contributed by atoms with Gasteiger partial charge in [0.15, 0.2) is 0 Å². The summed E-state index contributed by atoms with van der Waals surface area (Å²) >= 11 is 2.97. The van der Waals surface area contributed by atoms with E-state index in [0.29, 0.717) is 19.8 Å². The molecule has 0 aromatic heterocycles. The van der Waals surface area contributed by atoms with E-state index in [1.54, 1.807) is 0 Å². The number of alkyl halides is 2. The summed E-state index contributed by atoms with van der Waals surface area (Å²) in [6.07, 6.45) is 0. The lowest BCUT2D eigenvalue weighted by molar-refractivity contribution is 0.0341. The van der Waals surface area contributed by atoms with Crippen LogP contribution < -0.4 is 0 Å². The Morgan fingerprint density at radius 1 is 1.33 bits per heavy atom. The van der Waals surface area contributed by atoms with Crippen molar-refractivity contribution in [3.05, 3.63) is 33.8 Å². The maximum absolute atomic E-state index is 13.7. The highest BCUT2D eigenvalue weighted by Gasteiger charge is 2.51. The molecule has 1 aliphatic rings. The van der Waals surface area contributed by atoms with Crippen LogP contribution in [0.5, 0.6) is 0 Å². The molecule has 2 N–H and O–H groups in total. The molecule has 5 nitrogen and oxygen atoms in total. The number of hydrogen-bond donors (Lipinski definition) is 2. The van der Waals surface area contributed by atoms with Crippen molar-refractivity contribution in [1.29, 1.82) is 0 Å². The molecule has 0 bridgehead atoms. The van der Waals surface area contributed by atoms with E-state index in [9.17, 15) is 13.3 Å². The third kappa shape index (κ3) is 3.88. The lowest BCUT2D eigenvalue weighted by Gasteiger charge is -2.27. The zero-order valence-electron chi connectivity index (χ0n) is 11.0. The predicted molar refractivity (Wildman–Crippen MR) is 76.2 cm³/mol. The van der Waals surface area contributed by atoms with Crippen LogP contribution >= 0.6 is 23.5 Å². The summed E-state index contributed by atoms with van der Waals surface area (Å²) < 4.78 is 43.5. The molecule has 1 fully saturated rings. The van der Waals surface area contributed by atoms with Crippen molar-refractivity contribution in [2.45, 2.75) is 12.2 Å². The molecule has 0 saturated carbocycles. The summed E-state index contributed by atoms with van der Waals surface area (Å²) in [5.74, 6) is 0. The maximum atomic E-state index is 13.7. The number of benzene rings is 1. The van der Waals surface area contributed by atoms with Gasteiger partial charge in [-0.1, -0.05) is 28.1 Å². The van der Waals surface area contributed by atoms with Crippen molar-refractivity contribution in [2.75, 3.05) is 26.3 Å². The second-order valence-electron chi connectivity index (χ2n) is 4.79. The molecule has 0 amide bonds. The maximum Gasteiger partial charge on any atom is 0.399 e. The molecule has 9 heteroatoms. The number of rotatable bonds is 4. The van der Waals surface area contributed by atoms with Gasteiger partial charge in [-0.05, 0) is 11.6 Å². The van der Waals surface area contributed by atoms with E-state index in [2.05, 4.69) is 20.8 Å². The molecule has 1 aromatic rings. The molecule has 0 aliphatic carbocycles. The minimum absolute atomic E-state index is 0.0124. The first kappa shape index (κ1) is 17.0. The van der Waals surface area contributed by atoms with Crippen molar-refractivity contribution in [3.8, 4) is 0 Å². The number of morpholine rings is 1. The number of nitrogens with zero attached hydrogens (tertiary/aromatic N) is 1. The SMILES string of the molecule is O=P(O)(O)C(F)(F)c1ccc(CN2CCOCC2)cc1Br. The highest BCUT2D eigenvalue weighted by molar-refractivity contribution is 9.10. The van der Waals surface area contributed by atoms with Gasteiger partial charge in [0.25, 0.3) is 0 Å². The average molecular weight is 386 g/mol. The highest BCUT2D eigenvalue weighted by atomic mass is 79.9. The molecule has 0 radical (unpaired) electrons. The van der Waals surface area contributed by atoms with Crippen molar-refractivity contribution in [3.63, 3.8) is 0 Å². The molecule has 0 spiro atoms. The van der Waals surface area contributed by atoms with E-state index in [-0.39, 0.29) is 4.47 Å². The minimum atomic E-state index is -5.56. The molecular formula is C12H15BrF2NO4P. The van der Waals surface area contributed by atoms with Crippen molar-refractivity contribution in [1.82, 2.24) is 4.90 Å². The van der Waals surface area contributed by atoms with Crippen LogP contribution in [0.2, 0.25) is 0 Å². The zero-order valence-corrected chi connectivity index (χ0v) is 13.5. The van der Waals surface area contributed by atoms with Crippen molar-refractivity contribution >= 4 is 23.5 Å². The average Bonchev–Trinajstić information content (AvgIpc) is 2.38. The van der Waals surface area contributed by atoms with Crippen LogP contribution in [-0.2, 0) is 21.5 Å². The van der Waals surface area contributed by atoms with Crippen LogP contribution in [0, 0.1) is 0 Å². The monoisotopic (exact) mass is 385 g/mol. The molecule has 21 heavy (non-hydrogen) atoms. The summed E-state index contributed by atoms with van der Waals surface area (Å²) in [6, 6.07) is 3.98. The Kier molecular flexibility index (Phi) is 5.18. The Balaban J connectivity index is 2.19. The first-order valence-electron chi connectivity index (χ1n) is 6.24.